The number of pyridine rings is 1. The minimum atomic E-state index is -4.39. The molecule has 0 aliphatic rings. The maximum atomic E-state index is 12.3. The molecule has 0 aromatic carbocycles. The highest BCUT2D eigenvalue weighted by molar-refractivity contribution is 5.35. The van der Waals surface area contributed by atoms with Gasteiger partial charge in [-0.15, -0.1) is 0 Å². The van der Waals surface area contributed by atoms with Gasteiger partial charge in [-0.3, -0.25) is 0 Å². The fraction of sp³-hybridized carbons (Fsp3) is 0.444. The summed E-state index contributed by atoms with van der Waals surface area (Å²) in [6, 6.07) is 3.78. The van der Waals surface area contributed by atoms with Crippen molar-refractivity contribution in [2.45, 2.75) is 6.18 Å². The second-order valence-electron chi connectivity index (χ2n) is 2.94. The molecule has 0 saturated heterocycles. The van der Waals surface area contributed by atoms with Crippen LogP contribution in [0.25, 0.3) is 0 Å². The standard InChI is InChI=1S/C9H12F3N3/c1-13-5-6-14-8-4-2-3-7(15-8)9(10,11)12/h2-4,13H,5-6H2,1H3,(H,14,15). The number of alkyl halides is 3. The van der Waals surface area contributed by atoms with E-state index in [0.29, 0.717) is 13.1 Å². The highest BCUT2D eigenvalue weighted by Gasteiger charge is 2.32. The summed E-state index contributed by atoms with van der Waals surface area (Å²) >= 11 is 0. The Bertz CT molecular complexity index is 312. The van der Waals surface area contributed by atoms with Crippen LogP contribution >= 0.6 is 0 Å². The van der Waals surface area contributed by atoms with Crippen molar-refractivity contribution >= 4 is 5.82 Å². The van der Waals surface area contributed by atoms with Crippen LogP contribution in [-0.2, 0) is 6.18 Å². The average Bonchev–Trinajstić information content (AvgIpc) is 2.17. The third-order valence-electron chi connectivity index (χ3n) is 1.72. The highest BCUT2D eigenvalue weighted by atomic mass is 19.4. The van der Waals surface area contributed by atoms with Crippen molar-refractivity contribution < 1.29 is 13.2 Å². The summed E-state index contributed by atoms with van der Waals surface area (Å²) < 4.78 is 36.8. The van der Waals surface area contributed by atoms with Crippen LogP contribution in [0, 0.1) is 0 Å². The molecule has 15 heavy (non-hydrogen) atoms. The Hall–Kier alpha value is -1.30. The molecule has 0 bridgehead atoms. The topological polar surface area (TPSA) is 37.0 Å². The summed E-state index contributed by atoms with van der Waals surface area (Å²) in [6.45, 7) is 1.20. The van der Waals surface area contributed by atoms with Crippen LogP contribution in [0.3, 0.4) is 0 Å². The quantitative estimate of drug-likeness (QED) is 0.757. The summed E-state index contributed by atoms with van der Waals surface area (Å²) in [4.78, 5) is 3.45. The number of anilines is 1. The van der Waals surface area contributed by atoms with E-state index in [1.54, 1.807) is 7.05 Å². The number of hydrogen-bond acceptors (Lipinski definition) is 3. The van der Waals surface area contributed by atoms with Crippen molar-refractivity contribution in [3.05, 3.63) is 23.9 Å². The molecule has 0 amide bonds. The van der Waals surface area contributed by atoms with E-state index in [4.69, 9.17) is 0 Å². The molecule has 6 heteroatoms. The summed E-state index contributed by atoms with van der Waals surface area (Å²) in [5, 5.41) is 5.65. The van der Waals surface area contributed by atoms with Gasteiger partial charge in [0.15, 0.2) is 0 Å². The van der Waals surface area contributed by atoms with Gasteiger partial charge >= 0.3 is 6.18 Å². The number of nitrogens with zero attached hydrogens (tertiary/aromatic N) is 1. The van der Waals surface area contributed by atoms with Crippen LogP contribution in [0.15, 0.2) is 18.2 Å². The molecule has 0 aliphatic heterocycles. The van der Waals surface area contributed by atoms with Crippen LogP contribution in [0.4, 0.5) is 19.0 Å². The first kappa shape index (κ1) is 11.8. The molecule has 2 N–H and O–H groups in total. The van der Waals surface area contributed by atoms with Gasteiger partial charge in [-0.05, 0) is 19.2 Å². The number of aromatic nitrogens is 1. The summed E-state index contributed by atoms with van der Waals surface area (Å²) in [5.74, 6) is 0.236. The first-order valence-corrected chi connectivity index (χ1v) is 4.47. The lowest BCUT2D eigenvalue weighted by atomic mass is 10.3. The van der Waals surface area contributed by atoms with E-state index in [2.05, 4.69) is 15.6 Å². The van der Waals surface area contributed by atoms with Gasteiger partial charge in [0.05, 0.1) is 0 Å². The van der Waals surface area contributed by atoms with Gasteiger partial charge in [0, 0.05) is 13.1 Å². The fourth-order valence-electron chi connectivity index (χ4n) is 1.01. The zero-order valence-electron chi connectivity index (χ0n) is 8.23. The van der Waals surface area contributed by atoms with Gasteiger partial charge in [-0.2, -0.15) is 13.2 Å². The van der Waals surface area contributed by atoms with E-state index < -0.39 is 11.9 Å². The molecular formula is C9H12F3N3. The van der Waals surface area contributed by atoms with Crippen molar-refractivity contribution in [1.82, 2.24) is 10.3 Å². The average molecular weight is 219 g/mol. The third kappa shape index (κ3) is 3.75. The molecule has 1 heterocycles. The van der Waals surface area contributed by atoms with Gasteiger partial charge in [0.25, 0.3) is 0 Å². The van der Waals surface area contributed by atoms with Gasteiger partial charge in [-0.25, -0.2) is 4.98 Å². The lowest BCUT2D eigenvalue weighted by molar-refractivity contribution is -0.141. The molecule has 0 unspecified atom stereocenters. The largest absolute Gasteiger partial charge is 0.433 e. The molecule has 1 rings (SSSR count). The first-order chi connectivity index (χ1) is 7.04. The normalized spacial score (nSPS) is 11.5. The van der Waals surface area contributed by atoms with E-state index in [0.717, 1.165) is 6.07 Å². The molecule has 0 aliphatic carbocycles. The summed E-state index contributed by atoms with van der Waals surface area (Å²) in [6.07, 6.45) is -4.39. The van der Waals surface area contributed by atoms with Gasteiger partial charge in [-0.1, -0.05) is 6.07 Å². The molecule has 0 fully saturated rings. The van der Waals surface area contributed by atoms with Crippen LogP contribution in [0.5, 0.6) is 0 Å². The molecular weight excluding hydrogens is 207 g/mol. The van der Waals surface area contributed by atoms with E-state index in [-0.39, 0.29) is 5.82 Å². The number of likely N-dealkylation sites (N-methyl/N-ethyl adjacent to an activating group) is 1. The molecule has 3 nitrogen and oxygen atoms in total. The summed E-state index contributed by atoms with van der Waals surface area (Å²) in [5.41, 5.74) is -0.878. The predicted molar refractivity (Wildman–Crippen MR) is 51.7 cm³/mol. The second-order valence-corrected chi connectivity index (χ2v) is 2.94. The fourth-order valence-corrected chi connectivity index (χ4v) is 1.01. The lowest BCUT2D eigenvalue weighted by Gasteiger charge is -2.09. The van der Waals surface area contributed by atoms with Crippen LogP contribution in [0.2, 0.25) is 0 Å². The Kier molecular flexibility index (Phi) is 3.90. The number of halogens is 3. The molecule has 0 radical (unpaired) electrons. The van der Waals surface area contributed by atoms with Crippen LogP contribution in [-0.4, -0.2) is 25.1 Å². The number of hydrogen-bond donors (Lipinski definition) is 2. The molecule has 0 atom stereocenters. The molecule has 1 aromatic rings. The lowest BCUT2D eigenvalue weighted by Crippen LogP contribution is -2.19. The Balaban J connectivity index is 2.66. The SMILES string of the molecule is CNCCNc1cccc(C(F)(F)F)n1. The zero-order valence-corrected chi connectivity index (χ0v) is 8.23. The van der Waals surface area contributed by atoms with Crippen molar-refractivity contribution in [2.24, 2.45) is 0 Å². The van der Waals surface area contributed by atoms with Gasteiger partial charge in [0.1, 0.15) is 11.5 Å². The van der Waals surface area contributed by atoms with Crippen molar-refractivity contribution in [2.75, 3.05) is 25.5 Å². The van der Waals surface area contributed by atoms with E-state index >= 15 is 0 Å². The van der Waals surface area contributed by atoms with Crippen LogP contribution in [0.1, 0.15) is 5.69 Å². The Morgan fingerprint density at radius 2 is 2.00 bits per heavy atom. The van der Waals surface area contributed by atoms with Crippen molar-refractivity contribution in [1.29, 1.82) is 0 Å². The van der Waals surface area contributed by atoms with Gasteiger partial charge < -0.3 is 10.6 Å². The zero-order chi connectivity index (χ0) is 11.3. The Morgan fingerprint density at radius 1 is 1.27 bits per heavy atom. The third-order valence-corrected chi connectivity index (χ3v) is 1.72. The molecule has 0 spiro atoms. The van der Waals surface area contributed by atoms with Gasteiger partial charge in [0.2, 0.25) is 0 Å². The summed E-state index contributed by atoms with van der Waals surface area (Å²) in [7, 11) is 1.77. The molecule has 0 saturated carbocycles. The first-order valence-electron chi connectivity index (χ1n) is 4.47. The van der Waals surface area contributed by atoms with Crippen LogP contribution < -0.4 is 10.6 Å². The maximum Gasteiger partial charge on any atom is 0.433 e. The monoisotopic (exact) mass is 219 g/mol. The number of rotatable bonds is 4. The minimum Gasteiger partial charge on any atom is -0.369 e. The predicted octanol–water partition coefficient (Wildman–Crippen LogP) is 1.73. The molecule has 84 valence electrons. The molecule has 1 aromatic heterocycles. The Morgan fingerprint density at radius 3 is 2.60 bits per heavy atom. The smallest absolute Gasteiger partial charge is 0.369 e. The highest BCUT2D eigenvalue weighted by Crippen LogP contribution is 2.27. The second kappa shape index (κ2) is 4.97. The van der Waals surface area contributed by atoms with Crippen molar-refractivity contribution in [3.8, 4) is 0 Å². The van der Waals surface area contributed by atoms with E-state index in [1.165, 1.54) is 12.1 Å². The number of nitrogens with one attached hydrogen (secondary N) is 2. The minimum absolute atomic E-state index is 0.236. The van der Waals surface area contributed by atoms with E-state index in [9.17, 15) is 13.2 Å². The van der Waals surface area contributed by atoms with Crippen molar-refractivity contribution in [3.63, 3.8) is 0 Å². The maximum absolute atomic E-state index is 12.3. The Labute approximate surface area is 85.7 Å². The van der Waals surface area contributed by atoms with E-state index in [1.807, 2.05) is 0 Å².